The Bertz CT molecular complexity index is 480. The second-order valence-corrected chi connectivity index (χ2v) is 7.16. The molecule has 0 atom stereocenters. The van der Waals surface area contributed by atoms with Gasteiger partial charge in [0.25, 0.3) is 0 Å². The number of nitrogens with one attached hydrogen (secondary N) is 1. The minimum atomic E-state index is -3.38. The molecule has 1 N–H and O–H groups in total. The van der Waals surface area contributed by atoms with E-state index in [1.165, 1.54) is 6.20 Å². The highest BCUT2D eigenvalue weighted by molar-refractivity contribution is 7.99. The van der Waals surface area contributed by atoms with Crippen molar-refractivity contribution in [2.24, 2.45) is 0 Å². The van der Waals surface area contributed by atoms with Gasteiger partial charge in [-0.15, -0.1) is 0 Å². The van der Waals surface area contributed by atoms with E-state index >= 15 is 0 Å². The molecule has 1 aliphatic heterocycles. The first-order valence-corrected chi connectivity index (χ1v) is 8.46. The van der Waals surface area contributed by atoms with Crippen LogP contribution in [0.2, 0.25) is 0 Å². The molecule has 2 heterocycles. The molecule has 1 aromatic rings. The molecule has 0 radical (unpaired) electrons. The first-order valence-electron chi connectivity index (χ1n) is 5.86. The van der Waals surface area contributed by atoms with Crippen molar-refractivity contribution in [1.29, 1.82) is 0 Å². The lowest BCUT2D eigenvalue weighted by molar-refractivity contribution is 0.435. The molecular formula is C11H17N3O2S2. The SMILES string of the molecule is CNc1ccc(S(=O)(=O)N2CCCSCC2)cn1. The first kappa shape index (κ1) is 13.6. The number of anilines is 1. The van der Waals surface area contributed by atoms with Crippen LogP contribution in [-0.2, 0) is 10.0 Å². The van der Waals surface area contributed by atoms with Crippen LogP contribution in [0.3, 0.4) is 0 Å². The van der Waals surface area contributed by atoms with Crippen LogP contribution in [0.25, 0.3) is 0 Å². The molecule has 0 saturated carbocycles. The van der Waals surface area contributed by atoms with Gasteiger partial charge in [-0.3, -0.25) is 0 Å². The second-order valence-electron chi connectivity index (χ2n) is 4.00. The summed E-state index contributed by atoms with van der Waals surface area (Å²) in [5.41, 5.74) is 0. The standard InChI is InChI=1S/C11H17N3O2S2/c1-12-11-4-3-10(9-13-11)18(15,16)14-5-2-7-17-8-6-14/h3-4,9H,2,5-8H2,1H3,(H,12,13). The molecule has 1 fully saturated rings. The van der Waals surface area contributed by atoms with Crippen LogP contribution in [0.15, 0.2) is 23.2 Å². The fourth-order valence-electron chi connectivity index (χ4n) is 1.79. The van der Waals surface area contributed by atoms with Gasteiger partial charge in [-0.25, -0.2) is 13.4 Å². The smallest absolute Gasteiger partial charge is 0.244 e. The monoisotopic (exact) mass is 287 g/mol. The van der Waals surface area contributed by atoms with Gasteiger partial charge in [-0.2, -0.15) is 16.1 Å². The Morgan fingerprint density at radius 2 is 2.17 bits per heavy atom. The summed E-state index contributed by atoms with van der Waals surface area (Å²) in [4.78, 5) is 4.33. The lowest BCUT2D eigenvalue weighted by atomic mass is 10.5. The number of aromatic nitrogens is 1. The molecule has 0 spiro atoms. The molecule has 1 saturated heterocycles. The molecule has 0 bridgehead atoms. The van der Waals surface area contributed by atoms with Crippen LogP contribution in [0.1, 0.15) is 6.42 Å². The Morgan fingerprint density at radius 3 is 2.83 bits per heavy atom. The quantitative estimate of drug-likeness (QED) is 0.906. The largest absolute Gasteiger partial charge is 0.373 e. The minimum absolute atomic E-state index is 0.272. The summed E-state index contributed by atoms with van der Waals surface area (Å²) in [6.07, 6.45) is 2.32. The van der Waals surface area contributed by atoms with Crippen LogP contribution in [0.4, 0.5) is 5.82 Å². The fraction of sp³-hybridized carbons (Fsp3) is 0.545. The summed E-state index contributed by atoms with van der Waals surface area (Å²) in [6, 6.07) is 3.28. The van der Waals surface area contributed by atoms with Gasteiger partial charge >= 0.3 is 0 Å². The van der Waals surface area contributed by atoms with Crippen molar-refractivity contribution in [3.05, 3.63) is 18.3 Å². The van der Waals surface area contributed by atoms with Gasteiger partial charge in [-0.05, 0) is 24.3 Å². The van der Waals surface area contributed by atoms with E-state index in [-0.39, 0.29) is 4.90 Å². The maximum Gasteiger partial charge on any atom is 0.244 e. The summed E-state index contributed by atoms with van der Waals surface area (Å²) < 4.78 is 26.4. The van der Waals surface area contributed by atoms with Gasteiger partial charge in [0.2, 0.25) is 10.0 Å². The predicted octanol–water partition coefficient (Wildman–Crippen LogP) is 1.25. The second kappa shape index (κ2) is 5.90. The van der Waals surface area contributed by atoms with Crippen molar-refractivity contribution in [3.8, 4) is 0 Å². The molecule has 0 amide bonds. The zero-order chi connectivity index (χ0) is 13.0. The van der Waals surface area contributed by atoms with Gasteiger partial charge in [0.05, 0.1) is 0 Å². The zero-order valence-corrected chi connectivity index (χ0v) is 11.9. The number of rotatable bonds is 3. The van der Waals surface area contributed by atoms with Crippen molar-refractivity contribution in [1.82, 2.24) is 9.29 Å². The summed E-state index contributed by atoms with van der Waals surface area (Å²) in [6.45, 7) is 1.18. The van der Waals surface area contributed by atoms with Crippen molar-refractivity contribution in [3.63, 3.8) is 0 Å². The number of hydrogen-bond donors (Lipinski definition) is 1. The highest BCUT2D eigenvalue weighted by Gasteiger charge is 2.25. The molecule has 100 valence electrons. The van der Waals surface area contributed by atoms with Crippen LogP contribution in [-0.4, -0.2) is 49.3 Å². The Kier molecular flexibility index (Phi) is 4.47. The van der Waals surface area contributed by atoms with Crippen molar-refractivity contribution in [2.75, 3.05) is 37.0 Å². The van der Waals surface area contributed by atoms with Gasteiger partial charge in [0.1, 0.15) is 10.7 Å². The van der Waals surface area contributed by atoms with Crippen molar-refractivity contribution >= 4 is 27.6 Å². The highest BCUT2D eigenvalue weighted by Crippen LogP contribution is 2.20. The minimum Gasteiger partial charge on any atom is -0.373 e. The average molecular weight is 287 g/mol. The third kappa shape index (κ3) is 2.96. The van der Waals surface area contributed by atoms with Crippen molar-refractivity contribution in [2.45, 2.75) is 11.3 Å². The van der Waals surface area contributed by atoms with E-state index < -0.39 is 10.0 Å². The molecule has 18 heavy (non-hydrogen) atoms. The molecule has 0 aliphatic carbocycles. The summed E-state index contributed by atoms with van der Waals surface area (Å²) in [5.74, 6) is 2.56. The Hall–Kier alpha value is -0.790. The number of thioether (sulfide) groups is 1. The summed E-state index contributed by atoms with van der Waals surface area (Å²) in [7, 11) is -1.63. The third-order valence-electron chi connectivity index (χ3n) is 2.81. The van der Waals surface area contributed by atoms with E-state index in [0.717, 1.165) is 17.9 Å². The predicted molar refractivity (Wildman–Crippen MR) is 74.5 cm³/mol. The molecule has 5 nitrogen and oxygen atoms in total. The van der Waals surface area contributed by atoms with E-state index in [1.54, 1.807) is 35.2 Å². The molecule has 7 heteroatoms. The maximum absolute atomic E-state index is 12.4. The maximum atomic E-state index is 12.4. The van der Waals surface area contributed by atoms with E-state index in [2.05, 4.69) is 10.3 Å². The number of sulfonamides is 1. The fourth-order valence-corrected chi connectivity index (χ4v) is 4.22. The summed E-state index contributed by atoms with van der Waals surface area (Å²) in [5, 5.41) is 2.87. The third-order valence-corrected chi connectivity index (χ3v) is 5.74. The van der Waals surface area contributed by atoms with Crippen LogP contribution < -0.4 is 5.32 Å². The molecule has 1 aliphatic rings. The summed E-state index contributed by atoms with van der Waals surface area (Å²) >= 11 is 1.81. The number of hydrogen-bond acceptors (Lipinski definition) is 5. The zero-order valence-electron chi connectivity index (χ0n) is 10.3. The lowest BCUT2D eigenvalue weighted by Crippen LogP contribution is -2.33. The molecule has 2 rings (SSSR count). The Morgan fingerprint density at radius 1 is 1.33 bits per heavy atom. The van der Waals surface area contributed by atoms with E-state index in [1.807, 2.05) is 0 Å². The van der Waals surface area contributed by atoms with E-state index in [9.17, 15) is 8.42 Å². The molecule has 0 unspecified atom stereocenters. The van der Waals surface area contributed by atoms with Crippen LogP contribution >= 0.6 is 11.8 Å². The molecular weight excluding hydrogens is 270 g/mol. The van der Waals surface area contributed by atoms with E-state index in [0.29, 0.717) is 18.9 Å². The van der Waals surface area contributed by atoms with Gasteiger partial charge in [0, 0.05) is 32.1 Å². The highest BCUT2D eigenvalue weighted by atomic mass is 32.2. The normalized spacial score (nSPS) is 18.3. The number of nitrogens with zero attached hydrogens (tertiary/aromatic N) is 2. The van der Waals surface area contributed by atoms with Gasteiger partial charge < -0.3 is 5.32 Å². The Balaban J connectivity index is 2.22. The van der Waals surface area contributed by atoms with Crippen LogP contribution in [0, 0.1) is 0 Å². The Labute approximate surface area is 112 Å². The number of pyridine rings is 1. The van der Waals surface area contributed by atoms with Crippen molar-refractivity contribution < 1.29 is 8.42 Å². The van der Waals surface area contributed by atoms with E-state index in [4.69, 9.17) is 0 Å². The van der Waals surface area contributed by atoms with Crippen LogP contribution in [0.5, 0.6) is 0 Å². The first-order chi connectivity index (χ1) is 8.64. The molecule has 0 aromatic carbocycles. The molecule has 1 aromatic heterocycles. The lowest BCUT2D eigenvalue weighted by Gasteiger charge is -2.19. The average Bonchev–Trinajstić information content (AvgIpc) is 2.68. The van der Waals surface area contributed by atoms with Gasteiger partial charge in [0.15, 0.2) is 0 Å². The topological polar surface area (TPSA) is 62.3 Å². The van der Waals surface area contributed by atoms with Gasteiger partial charge in [-0.1, -0.05) is 0 Å².